The van der Waals surface area contributed by atoms with Gasteiger partial charge >= 0.3 is 0 Å². The molecule has 0 aromatic heterocycles. The van der Waals surface area contributed by atoms with Crippen LogP contribution in [0.3, 0.4) is 0 Å². The fourth-order valence-corrected chi connectivity index (χ4v) is 1.09. The zero-order chi connectivity index (χ0) is 11.1. The van der Waals surface area contributed by atoms with Crippen molar-refractivity contribution >= 4 is 11.8 Å². The van der Waals surface area contributed by atoms with Crippen LogP contribution in [-0.2, 0) is 9.59 Å². The van der Waals surface area contributed by atoms with E-state index in [1.165, 1.54) is 4.90 Å². The van der Waals surface area contributed by atoms with E-state index in [1.807, 2.05) is 13.8 Å². The van der Waals surface area contributed by atoms with Crippen molar-refractivity contribution in [1.82, 2.24) is 9.80 Å². The second-order valence-electron chi connectivity index (χ2n) is 3.46. The first-order chi connectivity index (χ1) is 6.52. The number of carbonyl (C=O) groups is 2. The summed E-state index contributed by atoms with van der Waals surface area (Å²) in [4.78, 5) is 25.9. The van der Waals surface area contributed by atoms with Crippen molar-refractivity contribution < 1.29 is 9.59 Å². The van der Waals surface area contributed by atoms with Crippen molar-refractivity contribution in [3.63, 3.8) is 0 Å². The van der Waals surface area contributed by atoms with Gasteiger partial charge in [-0.2, -0.15) is 0 Å². The summed E-state index contributed by atoms with van der Waals surface area (Å²) in [5.41, 5.74) is 0. The zero-order valence-electron chi connectivity index (χ0n) is 9.54. The summed E-state index contributed by atoms with van der Waals surface area (Å²) in [5, 5.41) is 0. The van der Waals surface area contributed by atoms with Crippen molar-refractivity contribution in [3.05, 3.63) is 0 Å². The zero-order valence-corrected chi connectivity index (χ0v) is 9.54. The molecule has 0 aliphatic rings. The topological polar surface area (TPSA) is 40.6 Å². The maximum absolute atomic E-state index is 11.4. The van der Waals surface area contributed by atoms with E-state index < -0.39 is 0 Å². The van der Waals surface area contributed by atoms with Gasteiger partial charge in [0.25, 0.3) is 0 Å². The van der Waals surface area contributed by atoms with Crippen LogP contribution >= 0.6 is 0 Å². The third-order valence-corrected chi connectivity index (χ3v) is 1.97. The molecule has 0 atom stereocenters. The highest BCUT2D eigenvalue weighted by molar-refractivity contribution is 5.84. The molecule has 0 aromatic carbocycles. The van der Waals surface area contributed by atoms with Crippen LogP contribution in [0.15, 0.2) is 0 Å². The summed E-state index contributed by atoms with van der Waals surface area (Å²) >= 11 is 0. The Bertz CT molecular complexity index is 200. The molecule has 0 unspecified atom stereocenters. The van der Waals surface area contributed by atoms with E-state index in [2.05, 4.69) is 0 Å². The Kier molecular flexibility index (Phi) is 5.92. The number of carbonyl (C=O) groups excluding carboxylic acids is 2. The summed E-state index contributed by atoms with van der Waals surface area (Å²) in [6.45, 7) is 4.67. The van der Waals surface area contributed by atoms with Gasteiger partial charge in [0, 0.05) is 27.1 Å². The van der Waals surface area contributed by atoms with Crippen LogP contribution in [0, 0.1) is 0 Å². The number of hydrogen-bond acceptors (Lipinski definition) is 2. The van der Waals surface area contributed by atoms with Gasteiger partial charge in [-0.15, -0.1) is 0 Å². The minimum absolute atomic E-state index is 0.0275. The van der Waals surface area contributed by atoms with Gasteiger partial charge in [0.1, 0.15) is 0 Å². The molecule has 2 amide bonds. The van der Waals surface area contributed by atoms with Gasteiger partial charge in [0.2, 0.25) is 11.8 Å². The molecule has 0 aliphatic heterocycles. The van der Waals surface area contributed by atoms with Crippen LogP contribution in [0.4, 0.5) is 0 Å². The molecule has 0 saturated heterocycles. The Hall–Kier alpha value is -1.06. The Labute approximate surface area is 85.9 Å². The lowest BCUT2D eigenvalue weighted by Gasteiger charge is -2.22. The van der Waals surface area contributed by atoms with Gasteiger partial charge in [-0.3, -0.25) is 9.59 Å². The highest BCUT2D eigenvalue weighted by Gasteiger charge is 2.15. The monoisotopic (exact) mass is 200 g/mol. The van der Waals surface area contributed by atoms with Crippen molar-refractivity contribution in [2.75, 3.05) is 27.2 Å². The summed E-state index contributed by atoms with van der Waals surface area (Å²) < 4.78 is 0. The van der Waals surface area contributed by atoms with Gasteiger partial charge in [0.05, 0.1) is 6.54 Å². The molecule has 4 nitrogen and oxygen atoms in total. The predicted octanol–water partition coefficient (Wildman–Crippen LogP) is 0.723. The maximum atomic E-state index is 11.4. The van der Waals surface area contributed by atoms with Crippen LogP contribution in [0.1, 0.15) is 26.7 Å². The largest absolute Gasteiger partial charge is 0.347 e. The van der Waals surface area contributed by atoms with Gasteiger partial charge in [0.15, 0.2) is 0 Å². The predicted molar refractivity (Wildman–Crippen MR) is 55.9 cm³/mol. The van der Waals surface area contributed by atoms with Crippen LogP contribution < -0.4 is 0 Å². The Morgan fingerprint density at radius 1 is 1.07 bits per heavy atom. The van der Waals surface area contributed by atoms with Crippen molar-refractivity contribution in [2.24, 2.45) is 0 Å². The molecule has 82 valence electrons. The smallest absolute Gasteiger partial charge is 0.241 e. The van der Waals surface area contributed by atoms with Gasteiger partial charge < -0.3 is 9.80 Å². The summed E-state index contributed by atoms with van der Waals surface area (Å²) in [6, 6.07) is 0. The molecule has 0 rings (SSSR count). The molecule has 0 aliphatic carbocycles. The van der Waals surface area contributed by atoms with Crippen molar-refractivity contribution in [3.8, 4) is 0 Å². The molecular weight excluding hydrogens is 180 g/mol. The minimum Gasteiger partial charge on any atom is -0.347 e. The lowest BCUT2D eigenvalue weighted by Crippen LogP contribution is -2.40. The van der Waals surface area contributed by atoms with E-state index in [4.69, 9.17) is 0 Å². The molecule has 4 heteroatoms. The average molecular weight is 200 g/mol. The number of likely N-dealkylation sites (N-methyl/N-ethyl adjacent to an activating group) is 1. The summed E-state index contributed by atoms with van der Waals surface area (Å²) in [5.74, 6) is 0.0160. The van der Waals surface area contributed by atoms with Crippen molar-refractivity contribution in [1.29, 1.82) is 0 Å². The summed E-state index contributed by atoms with van der Waals surface area (Å²) in [6.07, 6.45) is 1.34. The average Bonchev–Trinajstić information content (AvgIpc) is 2.15. The van der Waals surface area contributed by atoms with Gasteiger partial charge in [-0.1, -0.05) is 13.8 Å². The van der Waals surface area contributed by atoms with E-state index >= 15 is 0 Å². The normalized spacial score (nSPS) is 9.71. The molecule has 0 bridgehead atoms. The van der Waals surface area contributed by atoms with Crippen LogP contribution in [0.5, 0.6) is 0 Å². The van der Waals surface area contributed by atoms with E-state index in [1.54, 1.807) is 19.0 Å². The molecule has 0 fully saturated rings. The Morgan fingerprint density at radius 3 is 2.00 bits per heavy atom. The van der Waals surface area contributed by atoms with Crippen LogP contribution in [-0.4, -0.2) is 48.8 Å². The SMILES string of the molecule is CCCN(CC(=O)N(C)C)C(=O)CC. The maximum Gasteiger partial charge on any atom is 0.241 e. The minimum atomic E-state index is -0.0275. The lowest BCUT2D eigenvalue weighted by molar-refractivity contribution is -0.139. The Balaban J connectivity index is 4.22. The fraction of sp³-hybridized carbons (Fsp3) is 0.800. The molecule has 14 heavy (non-hydrogen) atoms. The fourth-order valence-electron chi connectivity index (χ4n) is 1.09. The lowest BCUT2D eigenvalue weighted by atomic mass is 10.3. The molecule has 0 radical (unpaired) electrons. The third kappa shape index (κ3) is 4.25. The second kappa shape index (κ2) is 6.40. The first-order valence-electron chi connectivity index (χ1n) is 5.00. The first-order valence-corrected chi connectivity index (χ1v) is 5.00. The van der Waals surface area contributed by atoms with E-state index in [9.17, 15) is 9.59 Å². The van der Waals surface area contributed by atoms with E-state index in [0.717, 1.165) is 6.42 Å². The summed E-state index contributed by atoms with van der Waals surface area (Å²) in [7, 11) is 3.39. The second-order valence-corrected chi connectivity index (χ2v) is 3.46. The molecule has 0 N–H and O–H groups in total. The highest BCUT2D eigenvalue weighted by atomic mass is 16.2. The molecular formula is C10H20N2O2. The number of amides is 2. The first kappa shape index (κ1) is 12.9. The Morgan fingerprint density at radius 2 is 1.64 bits per heavy atom. The van der Waals surface area contributed by atoms with Crippen LogP contribution in [0.2, 0.25) is 0 Å². The number of hydrogen-bond donors (Lipinski definition) is 0. The van der Waals surface area contributed by atoms with Gasteiger partial charge in [-0.05, 0) is 6.42 Å². The third-order valence-electron chi connectivity index (χ3n) is 1.97. The van der Waals surface area contributed by atoms with E-state index in [-0.39, 0.29) is 18.4 Å². The van der Waals surface area contributed by atoms with Gasteiger partial charge in [-0.25, -0.2) is 0 Å². The highest BCUT2D eigenvalue weighted by Crippen LogP contribution is 1.97. The van der Waals surface area contributed by atoms with E-state index in [0.29, 0.717) is 13.0 Å². The van der Waals surface area contributed by atoms with Crippen LogP contribution in [0.25, 0.3) is 0 Å². The number of rotatable bonds is 5. The molecule has 0 aromatic rings. The van der Waals surface area contributed by atoms with Crippen molar-refractivity contribution in [2.45, 2.75) is 26.7 Å². The number of nitrogens with zero attached hydrogens (tertiary/aromatic N) is 2. The molecule has 0 saturated carbocycles. The molecule has 0 spiro atoms. The quantitative estimate of drug-likeness (QED) is 0.656. The standard InChI is InChI=1S/C10H20N2O2/c1-5-7-12(9(13)6-2)8-10(14)11(3)4/h5-8H2,1-4H3. The molecule has 0 heterocycles.